The van der Waals surface area contributed by atoms with Crippen LogP contribution in [0.1, 0.15) is 36.4 Å². The summed E-state index contributed by atoms with van der Waals surface area (Å²) in [5, 5.41) is 5.87. The van der Waals surface area contributed by atoms with E-state index in [2.05, 4.69) is 17.5 Å². The highest BCUT2D eigenvalue weighted by Crippen LogP contribution is 2.07. The Hall–Kier alpha value is -1.16. The van der Waals surface area contributed by atoms with Crippen molar-refractivity contribution in [3.63, 3.8) is 0 Å². The smallest absolute Gasteiger partial charge is 0.266 e. The number of hydrazone groups is 1. The van der Waals surface area contributed by atoms with Gasteiger partial charge in [0.15, 0.2) is 0 Å². The van der Waals surface area contributed by atoms with Crippen LogP contribution in [0.2, 0.25) is 0 Å². The Labute approximate surface area is 87.8 Å². The Morgan fingerprint density at radius 2 is 2.43 bits per heavy atom. The summed E-state index contributed by atoms with van der Waals surface area (Å²) in [4.78, 5) is 12.1. The SMILES string of the molecule is CCCC(C)=NNC(=O)c1cccs1. The van der Waals surface area contributed by atoms with Crippen LogP contribution in [0, 0.1) is 0 Å². The largest absolute Gasteiger partial charge is 0.281 e. The van der Waals surface area contributed by atoms with Crippen LogP contribution >= 0.6 is 11.3 Å². The molecule has 1 N–H and O–H groups in total. The molecule has 1 amide bonds. The van der Waals surface area contributed by atoms with Crippen molar-refractivity contribution < 1.29 is 4.79 Å². The molecule has 0 aliphatic carbocycles. The maximum atomic E-state index is 11.4. The van der Waals surface area contributed by atoms with Gasteiger partial charge in [-0.15, -0.1) is 11.3 Å². The van der Waals surface area contributed by atoms with Gasteiger partial charge in [0.2, 0.25) is 0 Å². The van der Waals surface area contributed by atoms with E-state index in [1.807, 2.05) is 18.4 Å². The molecule has 0 saturated carbocycles. The normalized spacial score (nSPS) is 11.4. The summed E-state index contributed by atoms with van der Waals surface area (Å²) >= 11 is 1.41. The van der Waals surface area contributed by atoms with Gasteiger partial charge in [0, 0.05) is 5.71 Å². The van der Waals surface area contributed by atoms with Crippen molar-refractivity contribution in [2.45, 2.75) is 26.7 Å². The molecule has 76 valence electrons. The topological polar surface area (TPSA) is 41.5 Å². The molecular weight excluding hydrogens is 196 g/mol. The number of hydrogen-bond acceptors (Lipinski definition) is 3. The number of amides is 1. The quantitative estimate of drug-likeness (QED) is 0.602. The predicted octanol–water partition coefficient (Wildman–Crippen LogP) is 2.65. The Kier molecular flexibility index (Phi) is 4.32. The summed E-state index contributed by atoms with van der Waals surface area (Å²) in [5.41, 5.74) is 3.49. The molecule has 0 radical (unpaired) electrons. The van der Waals surface area contributed by atoms with Gasteiger partial charge in [0.05, 0.1) is 4.88 Å². The first-order valence-electron chi connectivity index (χ1n) is 4.61. The minimum absolute atomic E-state index is 0.129. The molecule has 0 aliphatic rings. The summed E-state index contributed by atoms with van der Waals surface area (Å²) in [6.45, 7) is 4.00. The second kappa shape index (κ2) is 5.54. The Morgan fingerprint density at radius 1 is 1.64 bits per heavy atom. The molecule has 0 bridgehead atoms. The van der Waals surface area contributed by atoms with Crippen LogP contribution in [-0.2, 0) is 0 Å². The predicted molar refractivity (Wildman–Crippen MR) is 59.8 cm³/mol. The molecule has 0 fully saturated rings. The second-order valence-electron chi connectivity index (χ2n) is 3.02. The van der Waals surface area contributed by atoms with Crippen LogP contribution in [0.15, 0.2) is 22.6 Å². The van der Waals surface area contributed by atoms with Crippen LogP contribution in [0.3, 0.4) is 0 Å². The van der Waals surface area contributed by atoms with Gasteiger partial charge >= 0.3 is 0 Å². The lowest BCUT2D eigenvalue weighted by atomic mass is 10.2. The zero-order valence-corrected chi connectivity index (χ0v) is 9.23. The third-order valence-corrected chi connectivity index (χ3v) is 2.57. The second-order valence-corrected chi connectivity index (χ2v) is 3.96. The van der Waals surface area contributed by atoms with Gasteiger partial charge in [0.1, 0.15) is 0 Å². The molecular formula is C10H14N2OS. The van der Waals surface area contributed by atoms with Crippen LogP contribution in [0.25, 0.3) is 0 Å². The molecule has 1 rings (SSSR count). The molecule has 0 unspecified atom stereocenters. The van der Waals surface area contributed by atoms with Crippen molar-refractivity contribution in [1.29, 1.82) is 0 Å². The van der Waals surface area contributed by atoms with Gasteiger partial charge in [-0.1, -0.05) is 19.4 Å². The molecule has 1 aromatic rings. The third-order valence-electron chi connectivity index (χ3n) is 1.71. The van der Waals surface area contributed by atoms with Gasteiger partial charge in [-0.25, -0.2) is 5.43 Å². The van der Waals surface area contributed by atoms with Crippen LogP contribution < -0.4 is 5.43 Å². The van der Waals surface area contributed by atoms with Gasteiger partial charge in [-0.3, -0.25) is 4.79 Å². The molecule has 4 heteroatoms. The number of nitrogens with one attached hydrogen (secondary N) is 1. The van der Waals surface area contributed by atoms with Crippen molar-refractivity contribution in [2.24, 2.45) is 5.10 Å². The van der Waals surface area contributed by atoms with E-state index in [0.29, 0.717) is 4.88 Å². The highest BCUT2D eigenvalue weighted by atomic mass is 32.1. The van der Waals surface area contributed by atoms with Crippen LogP contribution in [-0.4, -0.2) is 11.6 Å². The summed E-state index contributed by atoms with van der Waals surface area (Å²) in [6, 6.07) is 3.63. The molecule has 0 spiro atoms. The Balaban J connectivity index is 2.46. The highest BCUT2D eigenvalue weighted by molar-refractivity contribution is 7.12. The van der Waals surface area contributed by atoms with Crippen molar-refractivity contribution in [2.75, 3.05) is 0 Å². The molecule has 0 aromatic carbocycles. The summed E-state index contributed by atoms with van der Waals surface area (Å²) in [6.07, 6.45) is 1.97. The molecule has 3 nitrogen and oxygen atoms in total. The van der Waals surface area contributed by atoms with Crippen LogP contribution in [0.5, 0.6) is 0 Å². The summed E-state index contributed by atoms with van der Waals surface area (Å²) in [7, 11) is 0. The van der Waals surface area contributed by atoms with Gasteiger partial charge < -0.3 is 0 Å². The maximum Gasteiger partial charge on any atom is 0.281 e. The van der Waals surface area contributed by atoms with E-state index in [-0.39, 0.29) is 5.91 Å². The number of nitrogens with zero attached hydrogens (tertiary/aromatic N) is 1. The number of carbonyl (C=O) groups is 1. The molecule has 0 atom stereocenters. The molecule has 0 saturated heterocycles. The third kappa shape index (κ3) is 3.30. The number of thiophene rings is 1. The number of carbonyl (C=O) groups excluding carboxylic acids is 1. The number of rotatable bonds is 4. The monoisotopic (exact) mass is 210 g/mol. The first-order chi connectivity index (χ1) is 6.74. The average molecular weight is 210 g/mol. The van der Waals surface area contributed by atoms with Gasteiger partial charge in [0.25, 0.3) is 5.91 Å². The number of hydrogen-bond donors (Lipinski definition) is 1. The van der Waals surface area contributed by atoms with Crippen molar-refractivity contribution in [3.05, 3.63) is 22.4 Å². The first kappa shape index (κ1) is 10.9. The van der Waals surface area contributed by atoms with Crippen molar-refractivity contribution in [3.8, 4) is 0 Å². The first-order valence-corrected chi connectivity index (χ1v) is 5.49. The van der Waals surface area contributed by atoms with E-state index in [4.69, 9.17) is 0 Å². The van der Waals surface area contributed by atoms with Gasteiger partial charge in [-0.05, 0) is 24.8 Å². The fraction of sp³-hybridized carbons (Fsp3) is 0.400. The maximum absolute atomic E-state index is 11.4. The van der Waals surface area contributed by atoms with E-state index >= 15 is 0 Å². The molecule has 1 aromatic heterocycles. The van der Waals surface area contributed by atoms with E-state index in [9.17, 15) is 4.79 Å². The van der Waals surface area contributed by atoms with E-state index < -0.39 is 0 Å². The van der Waals surface area contributed by atoms with Crippen molar-refractivity contribution in [1.82, 2.24) is 5.43 Å². The van der Waals surface area contributed by atoms with Crippen molar-refractivity contribution >= 4 is 23.0 Å². The van der Waals surface area contributed by atoms with E-state index in [1.165, 1.54) is 11.3 Å². The fourth-order valence-electron chi connectivity index (χ4n) is 1.03. The summed E-state index contributed by atoms with van der Waals surface area (Å²) in [5.74, 6) is -0.129. The van der Waals surface area contributed by atoms with E-state index in [1.54, 1.807) is 6.07 Å². The molecule has 1 heterocycles. The van der Waals surface area contributed by atoms with E-state index in [0.717, 1.165) is 18.6 Å². The zero-order valence-electron chi connectivity index (χ0n) is 8.41. The summed E-state index contributed by atoms with van der Waals surface area (Å²) < 4.78 is 0. The average Bonchev–Trinajstić information content (AvgIpc) is 2.67. The minimum Gasteiger partial charge on any atom is -0.266 e. The Bertz CT molecular complexity index is 317. The molecule has 14 heavy (non-hydrogen) atoms. The zero-order chi connectivity index (χ0) is 10.4. The highest BCUT2D eigenvalue weighted by Gasteiger charge is 2.03. The standard InChI is InChI=1S/C10H14N2OS/c1-3-5-8(2)11-12-10(13)9-6-4-7-14-9/h4,6-7H,3,5H2,1-2H3,(H,12,13). The molecule has 0 aliphatic heterocycles. The van der Waals surface area contributed by atoms with Gasteiger partial charge in [-0.2, -0.15) is 5.10 Å². The Morgan fingerprint density at radius 3 is 3.00 bits per heavy atom. The lowest BCUT2D eigenvalue weighted by Gasteiger charge is -1.98. The lowest BCUT2D eigenvalue weighted by molar-refractivity contribution is 0.0958. The minimum atomic E-state index is -0.129. The fourth-order valence-corrected chi connectivity index (χ4v) is 1.64. The lowest BCUT2D eigenvalue weighted by Crippen LogP contribution is -2.17. The van der Waals surface area contributed by atoms with Crippen LogP contribution in [0.4, 0.5) is 0 Å².